The monoisotopic (exact) mass is 373 g/mol. The summed E-state index contributed by atoms with van der Waals surface area (Å²) in [5, 5.41) is 9.82. The zero-order chi connectivity index (χ0) is 17.4. The Labute approximate surface area is 153 Å². The van der Waals surface area contributed by atoms with Gasteiger partial charge in [-0.2, -0.15) is 5.10 Å². The minimum atomic E-state index is -0.195. The van der Waals surface area contributed by atoms with Gasteiger partial charge in [0.15, 0.2) is 5.13 Å². The third-order valence-electron chi connectivity index (χ3n) is 4.45. The number of nitrogens with zero attached hydrogens (tertiary/aromatic N) is 4. The number of thiazole rings is 1. The van der Waals surface area contributed by atoms with Gasteiger partial charge in [-0.1, -0.05) is 17.4 Å². The van der Waals surface area contributed by atoms with E-state index in [1.54, 1.807) is 28.7 Å². The number of hydrogen-bond acceptors (Lipinski definition) is 7. The number of anilines is 1. The molecule has 0 amide bonds. The van der Waals surface area contributed by atoms with E-state index in [4.69, 9.17) is 4.98 Å². The van der Waals surface area contributed by atoms with Gasteiger partial charge in [0.05, 0.1) is 9.75 Å². The van der Waals surface area contributed by atoms with Crippen LogP contribution in [-0.4, -0.2) is 53.3 Å². The summed E-state index contributed by atoms with van der Waals surface area (Å²) in [4.78, 5) is 23.0. The summed E-state index contributed by atoms with van der Waals surface area (Å²) in [6.07, 6.45) is 1.15. The predicted octanol–water partition coefficient (Wildman–Crippen LogP) is 2.76. The number of nitrogens with one attached hydrogen (secondary N) is 1. The van der Waals surface area contributed by atoms with Crippen LogP contribution in [-0.2, 0) is 0 Å². The molecule has 3 aromatic heterocycles. The molecular formula is C17H19N5OS2. The molecule has 4 heterocycles. The van der Waals surface area contributed by atoms with E-state index in [1.165, 1.54) is 6.07 Å². The molecule has 1 fully saturated rings. The number of thiophene rings is 1. The highest BCUT2D eigenvalue weighted by Gasteiger charge is 2.28. The lowest BCUT2D eigenvalue weighted by molar-refractivity contribution is 0.315. The van der Waals surface area contributed by atoms with Crippen LogP contribution in [0.3, 0.4) is 0 Å². The van der Waals surface area contributed by atoms with Gasteiger partial charge < -0.3 is 9.80 Å². The topological polar surface area (TPSA) is 65.1 Å². The summed E-state index contributed by atoms with van der Waals surface area (Å²) in [5.74, 6) is 0. The zero-order valence-electron chi connectivity index (χ0n) is 14.1. The Bertz CT molecular complexity index is 895. The first kappa shape index (κ1) is 16.4. The Hall–Kier alpha value is -2.03. The molecule has 1 aliphatic heterocycles. The molecule has 3 aromatic rings. The standard InChI is InChI=1S/C17H19N5OS2/c1-21(2)11-7-8-22(10-11)17-18-15(13-4-3-9-24-13)16(25-17)12-5-6-14(23)20-19-12/h3-6,9,11H,7-8,10H2,1-2H3,(H,20,23). The highest BCUT2D eigenvalue weighted by atomic mass is 32.1. The summed E-state index contributed by atoms with van der Waals surface area (Å²) >= 11 is 3.31. The Kier molecular flexibility index (Phi) is 4.41. The van der Waals surface area contributed by atoms with Gasteiger partial charge >= 0.3 is 0 Å². The predicted molar refractivity (Wildman–Crippen MR) is 104 cm³/mol. The molecule has 0 bridgehead atoms. The van der Waals surface area contributed by atoms with Gasteiger partial charge in [0.25, 0.3) is 5.56 Å². The number of aromatic nitrogens is 3. The van der Waals surface area contributed by atoms with Gasteiger partial charge in [-0.25, -0.2) is 10.1 Å². The Balaban J connectivity index is 1.74. The molecule has 1 atom stereocenters. The first-order chi connectivity index (χ1) is 12.1. The fourth-order valence-electron chi connectivity index (χ4n) is 3.01. The number of likely N-dealkylation sites (N-methyl/N-ethyl adjacent to an activating group) is 1. The van der Waals surface area contributed by atoms with Crippen LogP contribution in [0.4, 0.5) is 5.13 Å². The SMILES string of the molecule is CN(C)C1CCN(c2nc(-c3cccs3)c(-c3ccc(=O)[nH]n3)s2)C1. The fraction of sp³-hybridized carbons (Fsp3) is 0.353. The quantitative estimate of drug-likeness (QED) is 0.762. The van der Waals surface area contributed by atoms with E-state index in [1.807, 2.05) is 6.07 Å². The maximum Gasteiger partial charge on any atom is 0.264 e. The molecule has 4 rings (SSSR count). The van der Waals surface area contributed by atoms with Crippen LogP contribution in [0.15, 0.2) is 34.4 Å². The van der Waals surface area contributed by atoms with E-state index >= 15 is 0 Å². The van der Waals surface area contributed by atoms with E-state index in [2.05, 4.69) is 45.5 Å². The number of aromatic amines is 1. The van der Waals surface area contributed by atoms with Crippen LogP contribution >= 0.6 is 22.7 Å². The van der Waals surface area contributed by atoms with Crippen molar-refractivity contribution in [3.05, 3.63) is 40.0 Å². The number of hydrogen-bond donors (Lipinski definition) is 1. The molecule has 6 nitrogen and oxygen atoms in total. The molecular weight excluding hydrogens is 354 g/mol. The average Bonchev–Trinajstić information content (AvgIpc) is 3.34. The molecule has 130 valence electrons. The normalized spacial score (nSPS) is 17.6. The lowest BCUT2D eigenvalue weighted by Gasteiger charge is -2.19. The Morgan fingerprint density at radius 2 is 2.20 bits per heavy atom. The van der Waals surface area contributed by atoms with Gasteiger partial charge in [0, 0.05) is 25.2 Å². The highest BCUT2D eigenvalue weighted by molar-refractivity contribution is 7.20. The van der Waals surface area contributed by atoms with Gasteiger partial charge in [-0.15, -0.1) is 11.3 Å². The number of H-pyrrole nitrogens is 1. The van der Waals surface area contributed by atoms with Crippen LogP contribution in [0.5, 0.6) is 0 Å². The molecule has 0 saturated carbocycles. The first-order valence-corrected chi connectivity index (χ1v) is 9.83. The summed E-state index contributed by atoms with van der Waals surface area (Å²) in [6.45, 7) is 2.00. The molecule has 1 aliphatic rings. The van der Waals surface area contributed by atoms with Crippen molar-refractivity contribution in [2.24, 2.45) is 0 Å². The van der Waals surface area contributed by atoms with Gasteiger partial charge in [0.1, 0.15) is 11.4 Å². The minimum Gasteiger partial charge on any atom is -0.346 e. The van der Waals surface area contributed by atoms with Crippen LogP contribution < -0.4 is 10.5 Å². The van der Waals surface area contributed by atoms with E-state index in [-0.39, 0.29) is 5.56 Å². The highest BCUT2D eigenvalue weighted by Crippen LogP contribution is 2.41. The average molecular weight is 374 g/mol. The molecule has 0 aliphatic carbocycles. The molecule has 1 N–H and O–H groups in total. The number of rotatable bonds is 4. The molecule has 8 heteroatoms. The molecule has 25 heavy (non-hydrogen) atoms. The maximum absolute atomic E-state index is 11.3. The van der Waals surface area contributed by atoms with Crippen molar-refractivity contribution in [1.29, 1.82) is 0 Å². The lowest BCUT2D eigenvalue weighted by Crippen LogP contribution is -2.31. The molecule has 0 aromatic carbocycles. The van der Waals surface area contributed by atoms with Crippen molar-refractivity contribution >= 4 is 27.8 Å². The maximum atomic E-state index is 11.3. The van der Waals surface area contributed by atoms with Crippen LogP contribution in [0.2, 0.25) is 0 Å². The fourth-order valence-corrected chi connectivity index (χ4v) is 4.88. The van der Waals surface area contributed by atoms with Crippen LogP contribution in [0, 0.1) is 0 Å². The zero-order valence-corrected chi connectivity index (χ0v) is 15.7. The van der Waals surface area contributed by atoms with Crippen LogP contribution in [0.25, 0.3) is 21.1 Å². The van der Waals surface area contributed by atoms with Gasteiger partial charge in [-0.3, -0.25) is 4.79 Å². The summed E-state index contributed by atoms with van der Waals surface area (Å²) in [6, 6.07) is 7.94. The van der Waals surface area contributed by atoms with Crippen molar-refractivity contribution in [2.45, 2.75) is 12.5 Å². The first-order valence-electron chi connectivity index (χ1n) is 8.14. The molecule has 0 spiro atoms. The van der Waals surface area contributed by atoms with E-state index in [0.29, 0.717) is 6.04 Å². The largest absolute Gasteiger partial charge is 0.346 e. The third kappa shape index (κ3) is 3.24. The van der Waals surface area contributed by atoms with Crippen LogP contribution in [0.1, 0.15) is 6.42 Å². The summed E-state index contributed by atoms with van der Waals surface area (Å²) in [7, 11) is 4.26. The Morgan fingerprint density at radius 3 is 2.84 bits per heavy atom. The second-order valence-electron chi connectivity index (χ2n) is 6.31. The smallest absolute Gasteiger partial charge is 0.264 e. The molecule has 0 radical (unpaired) electrons. The van der Waals surface area contributed by atoms with Gasteiger partial charge in [-0.05, 0) is 38.0 Å². The molecule has 1 unspecified atom stereocenters. The lowest BCUT2D eigenvalue weighted by atomic mass is 10.2. The van der Waals surface area contributed by atoms with Crippen molar-refractivity contribution in [2.75, 3.05) is 32.1 Å². The summed E-state index contributed by atoms with van der Waals surface area (Å²) < 4.78 is 0. The van der Waals surface area contributed by atoms with Gasteiger partial charge in [0.2, 0.25) is 0 Å². The van der Waals surface area contributed by atoms with E-state index < -0.39 is 0 Å². The second kappa shape index (κ2) is 6.70. The van der Waals surface area contributed by atoms with E-state index in [9.17, 15) is 4.79 Å². The van der Waals surface area contributed by atoms with Crippen molar-refractivity contribution in [1.82, 2.24) is 20.1 Å². The van der Waals surface area contributed by atoms with Crippen molar-refractivity contribution in [3.63, 3.8) is 0 Å². The van der Waals surface area contributed by atoms with E-state index in [0.717, 1.165) is 45.8 Å². The Morgan fingerprint density at radius 1 is 1.32 bits per heavy atom. The summed E-state index contributed by atoms with van der Waals surface area (Å²) in [5.41, 5.74) is 1.51. The van der Waals surface area contributed by atoms with Crippen molar-refractivity contribution in [3.8, 4) is 21.1 Å². The van der Waals surface area contributed by atoms with Crippen molar-refractivity contribution < 1.29 is 0 Å². The third-order valence-corrected chi connectivity index (χ3v) is 6.46. The minimum absolute atomic E-state index is 0.195. The second-order valence-corrected chi connectivity index (χ2v) is 8.24. The molecule has 1 saturated heterocycles.